The monoisotopic (exact) mass is 208 g/mol. The van der Waals surface area contributed by atoms with E-state index in [1.165, 1.54) is 0 Å². The summed E-state index contributed by atoms with van der Waals surface area (Å²) in [4.78, 5) is 8.73. The summed E-state index contributed by atoms with van der Waals surface area (Å²) in [6.45, 7) is 0. The van der Waals surface area contributed by atoms with Gasteiger partial charge in [0.2, 0.25) is 0 Å². The van der Waals surface area contributed by atoms with Gasteiger partial charge in [-0.15, -0.1) is 0 Å². The Balaban J connectivity index is 2.15. The average molecular weight is 208 g/mol. The minimum Gasteiger partial charge on any atom is -0.460 e. The first-order chi connectivity index (χ1) is 7.93. The van der Waals surface area contributed by atoms with Crippen LogP contribution in [0.4, 0.5) is 0 Å². The van der Waals surface area contributed by atoms with Gasteiger partial charge in [0.15, 0.2) is 0 Å². The zero-order valence-corrected chi connectivity index (χ0v) is 8.47. The van der Waals surface area contributed by atoms with Crippen LogP contribution >= 0.6 is 0 Å². The number of hydrogen-bond acceptors (Lipinski definition) is 3. The molecule has 0 aliphatic heterocycles. The van der Waals surface area contributed by atoms with Gasteiger partial charge >= 0.3 is 0 Å². The third-order valence-corrected chi connectivity index (χ3v) is 3.01. The van der Waals surface area contributed by atoms with Crippen LogP contribution in [0.2, 0.25) is 0 Å². The Morgan fingerprint density at radius 1 is 1.06 bits per heavy atom. The number of benzene rings is 1. The SMILES string of the molecule is c1ccc2c3c(oc2c1)Cc1nccnc1-3. The molecule has 0 unspecified atom stereocenters. The van der Waals surface area contributed by atoms with E-state index in [0.717, 1.165) is 40.1 Å². The highest BCUT2D eigenvalue weighted by Gasteiger charge is 2.26. The minimum absolute atomic E-state index is 0.757. The van der Waals surface area contributed by atoms with Gasteiger partial charge in [-0.05, 0) is 6.07 Å². The summed E-state index contributed by atoms with van der Waals surface area (Å²) in [6.07, 6.45) is 4.22. The van der Waals surface area contributed by atoms with Crippen LogP contribution in [0.15, 0.2) is 41.1 Å². The lowest BCUT2D eigenvalue weighted by Gasteiger charge is -1.96. The maximum absolute atomic E-state index is 5.81. The first-order valence-corrected chi connectivity index (χ1v) is 5.24. The van der Waals surface area contributed by atoms with Crippen molar-refractivity contribution in [2.75, 3.05) is 0 Å². The van der Waals surface area contributed by atoms with Gasteiger partial charge in [0.05, 0.1) is 23.4 Å². The summed E-state index contributed by atoms with van der Waals surface area (Å²) < 4.78 is 5.81. The van der Waals surface area contributed by atoms with Crippen LogP contribution in [0.5, 0.6) is 0 Å². The van der Waals surface area contributed by atoms with Crippen molar-refractivity contribution >= 4 is 11.0 Å². The summed E-state index contributed by atoms with van der Waals surface area (Å²) in [6, 6.07) is 8.07. The smallest absolute Gasteiger partial charge is 0.135 e. The van der Waals surface area contributed by atoms with Crippen molar-refractivity contribution < 1.29 is 4.42 Å². The van der Waals surface area contributed by atoms with E-state index in [1.54, 1.807) is 12.4 Å². The molecule has 0 amide bonds. The molecule has 3 heteroatoms. The van der Waals surface area contributed by atoms with Crippen LogP contribution in [-0.4, -0.2) is 9.97 Å². The van der Waals surface area contributed by atoms with Crippen LogP contribution in [0.3, 0.4) is 0 Å². The molecule has 76 valence electrons. The van der Waals surface area contributed by atoms with Crippen molar-refractivity contribution in [2.24, 2.45) is 0 Å². The highest BCUT2D eigenvalue weighted by atomic mass is 16.3. The van der Waals surface area contributed by atoms with Gasteiger partial charge in [-0.1, -0.05) is 18.2 Å². The number of hydrogen-bond donors (Lipinski definition) is 0. The molecule has 0 saturated carbocycles. The summed E-state index contributed by atoms with van der Waals surface area (Å²) in [5.41, 5.74) is 4.05. The van der Waals surface area contributed by atoms with Gasteiger partial charge in [-0.3, -0.25) is 9.97 Å². The normalized spacial score (nSPS) is 12.8. The zero-order chi connectivity index (χ0) is 10.5. The lowest BCUT2D eigenvalue weighted by Crippen LogP contribution is -1.88. The number of aromatic nitrogens is 2. The van der Waals surface area contributed by atoms with Crippen LogP contribution in [0, 0.1) is 0 Å². The maximum Gasteiger partial charge on any atom is 0.135 e. The van der Waals surface area contributed by atoms with Gasteiger partial charge < -0.3 is 4.42 Å². The third-order valence-electron chi connectivity index (χ3n) is 3.01. The molecule has 3 nitrogen and oxygen atoms in total. The highest BCUT2D eigenvalue weighted by molar-refractivity contribution is 5.97. The Morgan fingerprint density at radius 2 is 1.94 bits per heavy atom. The highest BCUT2D eigenvalue weighted by Crippen LogP contribution is 2.40. The number of rotatable bonds is 0. The fourth-order valence-electron chi connectivity index (χ4n) is 2.34. The number of para-hydroxylation sites is 1. The van der Waals surface area contributed by atoms with Crippen molar-refractivity contribution in [1.29, 1.82) is 0 Å². The zero-order valence-electron chi connectivity index (χ0n) is 8.47. The molecule has 0 atom stereocenters. The first-order valence-electron chi connectivity index (χ1n) is 5.24. The maximum atomic E-state index is 5.81. The molecule has 0 N–H and O–H groups in total. The molecule has 2 heterocycles. The van der Waals surface area contributed by atoms with Gasteiger partial charge in [-0.25, -0.2) is 0 Å². The quantitative estimate of drug-likeness (QED) is 0.446. The average Bonchev–Trinajstić information content (AvgIpc) is 2.83. The fourth-order valence-corrected chi connectivity index (χ4v) is 2.34. The summed E-state index contributed by atoms with van der Waals surface area (Å²) >= 11 is 0. The van der Waals surface area contributed by atoms with Gasteiger partial charge in [0, 0.05) is 17.8 Å². The predicted octanol–water partition coefficient (Wildman–Crippen LogP) is 2.79. The standard InChI is InChI=1S/C13H8N2O/c1-2-4-10-8(3-1)12-11(16-10)7-9-13(12)15-6-5-14-9/h1-6H,7H2. The molecule has 16 heavy (non-hydrogen) atoms. The van der Waals surface area contributed by atoms with E-state index in [-0.39, 0.29) is 0 Å². The predicted molar refractivity (Wildman–Crippen MR) is 60.0 cm³/mol. The summed E-state index contributed by atoms with van der Waals surface area (Å²) in [7, 11) is 0. The fraction of sp³-hybridized carbons (Fsp3) is 0.0769. The molecule has 0 bridgehead atoms. The second-order valence-electron chi connectivity index (χ2n) is 3.92. The van der Waals surface area contributed by atoms with Crippen LogP contribution in [-0.2, 0) is 6.42 Å². The Kier molecular flexibility index (Phi) is 1.36. The molecule has 1 aliphatic carbocycles. The van der Waals surface area contributed by atoms with E-state index in [4.69, 9.17) is 4.42 Å². The second kappa shape index (κ2) is 2.70. The number of fused-ring (bicyclic) bond motifs is 5. The van der Waals surface area contributed by atoms with Gasteiger partial charge in [0.1, 0.15) is 11.3 Å². The topological polar surface area (TPSA) is 38.9 Å². The molecule has 4 rings (SSSR count). The van der Waals surface area contributed by atoms with Gasteiger partial charge in [0.25, 0.3) is 0 Å². The summed E-state index contributed by atoms with van der Waals surface area (Å²) in [5, 5.41) is 1.14. The summed E-state index contributed by atoms with van der Waals surface area (Å²) in [5.74, 6) is 0.988. The Labute approximate surface area is 91.8 Å². The Morgan fingerprint density at radius 3 is 2.94 bits per heavy atom. The molecule has 2 aromatic heterocycles. The van der Waals surface area contributed by atoms with Gasteiger partial charge in [-0.2, -0.15) is 0 Å². The van der Waals surface area contributed by atoms with E-state index in [0.29, 0.717) is 0 Å². The lowest BCUT2D eigenvalue weighted by molar-refractivity contribution is 0.567. The molecule has 0 spiro atoms. The van der Waals surface area contributed by atoms with Crippen molar-refractivity contribution in [3.63, 3.8) is 0 Å². The molecule has 1 aromatic carbocycles. The molecular weight excluding hydrogens is 200 g/mol. The van der Waals surface area contributed by atoms with Crippen LogP contribution < -0.4 is 0 Å². The molecule has 3 aromatic rings. The first kappa shape index (κ1) is 8.05. The molecule has 1 aliphatic rings. The number of furan rings is 1. The van der Waals surface area contributed by atoms with E-state index < -0.39 is 0 Å². The van der Waals surface area contributed by atoms with Crippen molar-refractivity contribution in [1.82, 2.24) is 9.97 Å². The molecule has 0 saturated heterocycles. The van der Waals surface area contributed by atoms with Crippen molar-refractivity contribution in [2.45, 2.75) is 6.42 Å². The van der Waals surface area contributed by atoms with Crippen molar-refractivity contribution in [3.8, 4) is 11.3 Å². The van der Waals surface area contributed by atoms with E-state index in [1.807, 2.05) is 18.2 Å². The Bertz CT molecular complexity index is 700. The molecule has 0 radical (unpaired) electrons. The minimum atomic E-state index is 0.757. The Hall–Kier alpha value is -2.16. The van der Waals surface area contributed by atoms with E-state index in [9.17, 15) is 0 Å². The van der Waals surface area contributed by atoms with E-state index in [2.05, 4.69) is 16.0 Å². The lowest BCUT2D eigenvalue weighted by atomic mass is 10.1. The second-order valence-corrected chi connectivity index (χ2v) is 3.92. The van der Waals surface area contributed by atoms with E-state index >= 15 is 0 Å². The molecular formula is C13H8N2O. The van der Waals surface area contributed by atoms with Crippen LogP contribution in [0.1, 0.15) is 11.5 Å². The third kappa shape index (κ3) is 0.877. The van der Waals surface area contributed by atoms with Crippen LogP contribution in [0.25, 0.3) is 22.2 Å². The van der Waals surface area contributed by atoms with Crippen molar-refractivity contribution in [3.05, 3.63) is 48.1 Å². The molecule has 0 fully saturated rings. The number of nitrogens with zero attached hydrogens (tertiary/aromatic N) is 2. The largest absolute Gasteiger partial charge is 0.460 e.